The van der Waals surface area contributed by atoms with Crippen LogP contribution in [0.5, 0.6) is 5.75 Å². The summed E-state index contributed by atoms with van der Waals surface area (Å²) < 4.78 is 8.47. The van der Waals surface area contributed by atoms with Crippen LogP contribution in [-0.4, -0.2) is 51.9 Å². The van der Waals surface area contributed by atoms with Gasteiger partial charge >= 0.3 is 5.69 Å². The van der Waals surface area contributed by atoms with Crippen molar-refractivity contribution < 1.29 is 9.84 Å². The number of fused-ring (bicyclic) bond motifs is 1. The van der Waals surface area contributed by atoms with Crippen LogP contribution < -0.4 is 10.4 Å². The number of benzene rings is 2. The lowest BCUT2D eigenvalue weighted by Gasteiger charge is -2.34. The number of aliphatic hydroxyl groups excluding tert-OH is 1. The van der Waals surface area contributed by atoms with E-state index in [4.69, 9.17) is 4.74 Å². The first-order valence-corrected chi connectivity index (χ1v) is 10.8. The molecule has 2 atom stereocenters. The van der Waals surface area contributed by atoms with Crippen molar-refractivity contribution in [3.63, 3.8) is 0 Å². The fraction of sp³-hybridized carbons (Fsp3) is 0.409. The molecule has 0 saturated carbocycles. The Labute approximate surface area is 178 Å². The number of aromatic amines is 1. The topological polar surface area (TPSA) is 70.5 Å². The van der Waals surface area contributed by atoms with Crippen molar-refractivity contribution in [3.8, 4) is 5.75 Å². The van der Waals surface area contributed by atoms with Crippen molar-refractivity contribution in [2.75, 3.05) is 26.2 Å². The highest BCUT2D eigenvalue weighted by molar-refractivity contribution is 9.10. The summed E-state index contributed by atoms with van der Waals surface area (Å²) in [5.74, 6) is 1.12. The van der Waals surface area contributed by atoms with E-state index in [-0.39, 0.29) is 12.3 Å². The molecule has 2 unspecified atom stereocenters. The van der Waals surface area contributed by atoms with Gasteiger partial charge in [-0.1, -0.05) is 24.3 Å². The molecule has 4 rings (SSSR count). The number of nitrogens with one attached hydrogen (secondary N) is 1. The van der Waals surface area contributed by atoms with Crippen LogP contribution in [-0.2, 0) is 6.54 Å². The Bertz CT molecular complexity index is 1020. The Morgan fingerprint density at radius 2 is 2.00 bits per heavy atom. The van der Waals surface area contributed by atoms with Crippen molar-refractivity contribution in [2.45, 2.75) is 25.5 Å². The molecule has 0 radical (unpaired) electrons. The molecule has 154 valence electrons. The van der Waals surface area contributed by atoms with Crippen LogP contribution in [0.4, 0.5) is 0 Å². The smallest absolute Gasteiger partial charge is 0.326 e. The highest BCUT2D eigenvalue weighted by Gasteiger charge is 2.23. The first-order chi connectivity index (χ1) is 14.1. The number of H-pyrrole nitrogens is 1. The van der Waals surface area contributed by atoms with E-state index < -0.39 is 6.10 Å². The largest absolute Gasteiger partial charge is 0.490 e. The molecule has 7 heteroatoms. The fourth-order valence-electron chi connectivity index (χ4n) is 4.11. The number of para-hydroxylation sites is 3. The Balaban J connectivity index is 1.33. The molecule has 2 heterocycles. The predicted molar refractivity (Wildman–Crippen MR) is 117 cm³/mol. The first-order valence-electron chi connectivity index (χ1n) is 10.1. The van der Waals surface area contributed by atoms with Gasteiger partial charge in [0.25, 0.3) is 0 Å². The third kappa shape index (κ3) is 4.91. The third-order valence-corrected chi connectivity index (χ3v) is 6.12. The summed E-state index contributed by atoms with van der Waals surface area (Å²) in [6, 6.07) is 15.5. The standard InChI is InChI=1S/C22H26BrN3O3/c23-18-7-1-4-10-21(18)29-15-17(27)14-25-11-5-6-16(12-25)13-26-20-9-3-2-8-19(20)24-22(26)28/h1-4,7-10,16-17,27H,5-6,11-15H2,(H,24,28). The molecule has 0 amide bonds. The lowest BCUT2D eigenvalue weighted by molar-refractivity contribution is 0.0497. The number of aliphatic hydroxyl groups is 1. The molecule has 2 N–H and O–H groups in total. The molecular weight excluding hydrogens is 434 g/mol. The van der Waals surface area contributed by atoms with Crippen molar-refractivity contribution in [1.29, 1.82) is 0 Å². The minimum absolute atomic E-state index is 0.0507. The van der Waals surface area contributed by atoms with Gasteiger partial charge in [-0.15, -0.1) is 0 Å². The van der Waals surface area contributed by atoms with Crippen molar-refractivity contribution in [1.82, 2.24) is 14.5 Å². The van der Waals surface area contributed by atoms with Gasteiger partial charge in [-0.05, 0) is 65.5 Å². The Morgan fingerprint density at radius 3 is 2.86 bits per heavy atom. The number of aromatic nitrogens is 2. The number of nitrogens with zero attached hydrogens (tertiary/aromatic N) is 2. The van der Waals surface area contributed by atoms with Gasteiger partial charge in [0.15, 0.2) is 0 Å². The van der Waals surface area contributed by atoms with Crippen LogP contribution >= 0.6 is 15.9 Å². The number of likely N-dealkylation sites (tertiary alicyclic amines) is 1. The molecule has 0 bridgehead atoms. The number of piperidine rings is 1. The number of β-amino-alcohol motifs (C(OH)–C–C–N with tert-alkyl or cyclic N) is 1. The highest BCUT2D eigenvalue weighted by Crippen LogP contribution is 2.24. The van der Waals surface area contributed by atoms with E-state index in [1.807, 2.05) is 53.1 Å². The third-order valence-electron chi connectivity index (χ3n) is 5.46. The summed E-state index contributed by atoms with van der Waals surface area (Å²) in [6.45, 7) is 3.36. The zero-order chi connectivity index (χ0) is 20.2. The molecule has 0 aliphatic carbocycles. The Kier molecular flexibility index (Phi) is 6.37. The van der Waals surface area contributed by atoms with Gasteiger partial charge in [0.2, 0.25) is 0 Å². The second-order valence-electron chi connectivity index (χ2n) is 7.72. The van der Waals surface area contributed by atoms with E-state index in [1.165, 1.54) is 0 Å². The van der Waals surface area contributed by atoms with Gasteiger partial charge < -0.3 is 19.7 Å². The molecule has 1 saturated heterocycles. The summed E-state index contributed by atoms with van der Waals surface area (Å²) in [4.78, 5) is 17.6. The van der Waals surface area contributed by atoms with Gasteiger partial charge in [0.05, 0.1) is 15.5 Å². The van der Waals surface area contributed by atoms with E-state index >= 15 is 0 Å². The number of hydrogen-bond acceptors (Lipinski definition) is 4. The van der Waals surface area contributed by atoms with Crippen molar-refractivity contribution >= 4 is 27.0 Å². The van der Waals surface area contributed by atoms with E-state index in [0.717, 1.165) is 47.2 Å². The second-order valence-corrected chi connectivity index (χ2v) is 8.58. The lowest BCUT2D eigenvalue weighted by atomic mass is 9.97. The summed E-state index contributed by atoms with van der Waals surface area (Å²) in [5, 5.41) is 10.4. The van der Waals surface area contributed by atoms with Gasteiger partial charge in [-0.25, -0.2) is 4.79 Å². The zero-order valence-electron chi connectivity index (χ0n) is 16.3. The van der Waals surface area contributed by atoms with Gasteiger partial charge in [-0.3, -0.25) is 4.57 Å². The molecule has 29 heavy (non-hydrogen) atoms. The summed E-state index contributed by atoms with van der Waals surface area (Å²) >= 11 is 3.46. The molecule has 3 aromatic rings. The van der Waals surface area contributed by atoms with Gasteiger partial charge in [0, 0.05) is 19.6 Å². The van der Waals surface area contributed by atoms with Gasteiger partial charge in [0.1, 0.15) is 18.5 Å². The van der Waals surface area contributed by atoms with E-state index in [1.54, 1.807) is 0 Å². The number of ether oxygens (including phenoxy) is 1. The van der Waals surface area contributed by atoms with E-state index in [2.05, 4.69) is 25.8 Å². The normalized spacial score (nSPS) is 18.8. The molecule has 6 nitrogen and oxygen atoms in total. The molecular formula is C22H26BrN3O3. The zero-order valence-corrected chi connectivity index (χ0v) is 17.8. The number of imidazole rings is 1. The molecule has 0 spiro atoms. The Morgan fingerprint density at radius 1 is 1.21 bits per heavy atom. The van der Waals surface area contributed by atoms with Crippen molar-refractivity contribution in [3.05, 3.63) is 63.5 Å². The van der Waals surface area contributed by atoms with Crippen LogP contribution in [0.3, 0.4) is 0 Å². The molecule has 1 aromatic heterocycles. The fourth-order valence-corrected chi connectivity index (χ4v) is 4.51. The number of rotatable bonds is 7. The molecule has 1 aliphatic rings. The summed E-state index contributed by atoms with van der Waals surface area (Å²) in [6.07, 6.45) is 1.60. The van der Waals surface area contributed by atoms with Crippen LogP contribution in [0.2, 0.25) is 0 Å². The van der Waals surface area contributed by atoms with Crippen LogP contribution in [0.15, 0.2) is 57.8 Å². The maximum atomic E-state index is 12.4. The average molecular weight is 460 g/mol. The van der Waals surface area contributed by atoms with E-state index in [9.17, 15) is 9.90 Å². The minimum Gasteiger partial charge on any atom is -0.490 e. The SMILES string of the molecule is O=c1[nH]c2ccccc2n1CC1CCCN(CC(O)COc2ccccc2Br)C1. The molecule has 2 aromatic carbocycles. The highest BCUT2D eigenvalue weighted by atomic mass is 79.9. The number of halogens is 1. The predicted octanol–water partition coefficient (Wildman–Crippen LogP) is 3.24. The Hall–Kier alpha value is -2.09. The van der Waals surface area contributed by atoms with Crippen LogP contribution in [0.1, 0.15) is 12.8 Å². The average Bonchev–Trinajstić information content (AvgIpc) is 3.03. The van der Waals surface area contributed by atoms with Gasteiger partial charge in [-0.2, -0.15) is 0 Å². The molecule has 1 fully saturated rings. The van der Waals surface area contributed by atoms with Crippen molar-refractivity contribution in [2.24, 2.45) is 5.92 Å². The summed E-state index contributed by atoms with van der Waals surface area (Å²) in [7, 11) is 0. The number of hydrogen-bond donors (Lipinski definition) is 2. The van der Waals surface area contributed by atoms with E-state index in [0.29, 0.717) is 19.0 Å². The monoisotopic (exact) mass is 459 g/mol. The maximum absolute atomic E-state index is 12.4. The molecule has 1 aliphatic heterocycles. The quantitative estimate of drug-likeness (QED) is 0.568. The lowest BCUT2D eigenvalue weighted by Crippen LogP contribution is -2.43. The maximum Gasteiger partial charge on any atom is 0.326 e. The second kappa shape index (κ2) is 9.15. The van der Waals surface area contributed by atoms with Crippen LogP contribution in [0, 0.1) is 5.92 Å². The minimum atomic E-state index is -0.559. The summed E-state index contributed by atoms with van der Waals surface area (Å²) in [5.41, 5.74) is 1.78. The van der Waals surface area contributed by atoms with Crippen LogP contribution in [0.25, 0.3) is 11.0 Å². The first kappa shape index (κ1) is 20.2.